The minimum absolute atomic E-state index is 0.0976. The molecule has 5 nitrogen and oxygen atoms in total. The fourth-order valence-electron chi connectivity index (χ4n) is 3.07. The topological polar surface area (TPSA) is 72.1 Å². The number of fused-ring (bicyclic) bond motifs is 1. The fraction of sp³-hybridized carbons (Fsp3) is 0.0455. The molecular formula is C22H15FN2O3S2. The van der Waals surface area contributed by atoms with Crippen LogP contribution in [-0.4, -0.2) is 12.4 Å². The van der Waals surface area contributed by atoms with Crippen LogP contribution in [0.25, 0.3) is 10.9 Å². The Kier molecular flexibility index (Phi) is 5.02. The first-order valence-electron chi connectivity index (χ1n) is 8.84. The van der Waals surface area contributed by atoms with E-state index in [-0.39, 0.29) is 26.8 Å². The van der Waals surface area contributed by atoms with E-state index in [0.29, 0.717) is 10.9 Å². The van der Waals surface area contributed by atoms with Crippen LogP contribution in [0.5, 0.6) is 11.5 Å². The summed E-state index contributed by atoms with van der Waals surface area (Å²) >= 11 is 4.38. The van der Waals surface area contributed by atoms with Crippen LogP contribution in [0.1, 0.15) is 11.1 Å². The minimum Gasteiger partial charge on any atom is -0.453 e. The van der Waals surface area contributed by atoms with Crippen LogP contribution >= 0.6 is 12.6 Å². The molecule has 0 radical (unpaired) electrons. The number of hydrogen-bond acceptors (Lipinski definition) is 5. The van der Waals surface area contributed by atoms with Gasteiger partial charge in [0.2, 0.25) is 0 Å². The van der Waals surface area contributed by atoms with Gasteiger partial charge in [-0.05, 0) is 43.3 Å². The third-order valence-corrected chi connectivity index (χ3v) is 6.75. The first-order valence-corrected chi connectivity index (χ1v) is 10.7. The monoisotopic (exact) mass is 438 g/mol. The highest BCUT2D eigenvalue weighted by atomic mass is 32.2. The molecule has 0 N–H and O–H groups in total. The van der Waals surface area contributed by atoms with Crippen molar-refractivity contribution in [1.29, 1.82) is 5.26 Å². The molecule has 0 aliphatic carbocycles. The Morgan fingerprint density at radius 2 is 1.83 bits per heavy atom. The maximum absolute atomic E-state index is 14.9. The lowest BCUT2D eigenvalue weighted by Crippen LogP contribution is -2.12. The van der Waals surface area contributed by atoms with Crippen molar-refractivity contribution in [1.82, 2.24) is 3.97 Å². The second-order valence-corrected chi connectivity index (χ2v) is 8.90. The van der Waals surface area contributed by atoms with Crippen LogP contribution in [0.3, 0.4) is 0 Å². The van der Waals surface area contributed by atoms with Crippen molar-refractivity contribution in [2.75, 3.05) is 0 Å². The van der Waals surface area contributed by atoms with Gasteiger partial charge in [0.25, 0.3) is 10.0 Å². The molecule has 0 aliphatic heterocycles. The Morgan fingerprint density at radius 1 is 1.10 bits per heavy atom. The van der Waals surface area contributed by atoms with Gasteiger partial charge >= 0.3 is 0 Å². The predicted octanol–water partition coefficient (Wildman–Crippen LogP) is 5.28. The van der Waals surface area contributed by atoms with Crippen molar-refractivity contribution in [3.63, 3.8) is 0 Å². The Hall–Kier alpha value is -3.28. The highest BCUT2D eigenvalue weighted by molar-refractivity contribution is 7.90. The van der Waals surface area contributed by atoms with E-state index >= 15 is 0 Å². The molecule has 0 bridgehead atoms. The number of rotatable bonds is 4. The van der Waals surface area contributed by atoms with Gasteiger partial charge in [-0.1, -0.05) is 23.8 Å². The summed E-state index contributed by atoms with van der Waals surface area (Å²) in [5.41, 5.74) is 1.44. The summed E-state index contributed by atoms with van der Waals surface area (Å²) in [6.45, 7) is 1.86. The summed E-state index contributed by atoms with van der Waals surface area (Å²) in [4.78, 5) is 0.255. The summed E-state index contributed by atoms with van der Waals surface area (Å²) in [5, 5.41) is 9.43. The second kappa shape index (κ2) is 7.52. The van der Waals surface area contributed by atoms with Gasteiger partial charge in [-0.15, -0.1) is 12.6 Å². The van der Waals surface area contributed by atoms with Gasteiger partial charge in [-0.25, -0.2) is 16.8 Å². The Morgan fingerprint density at radius 3 is 2.53 bits per heavy atom. The van der Waals surface area contributed by atoms with Crippen molar-refractivity contribution >= 4 is 33.6 Å². The van der Waals surface area contributed by atoms with E-state index in [9.17, 15) is 12.8 Å². The number of hydrogen-bond donors (Lipinski definition) is 1. The molecule has 0 aliphatic rings. The fourth-order valence-corrected chi connectivity index (χ4v) is 4.75. The molecule has 1 heterocycles. The summed E-state index contributed by atoms with van der Waals surface area (Å²) < 4.78 is 47.6. The zero-order valence-corrected chi connectivity index (χ0v) is 17.4. The molecule has 0 atom stereocenters. The summed E-state index contributed by atoms with van der Waals surface area (Å²) in [6.07, 6.45) is 1.36. The maximum atomic E-state index is 14.9. The number of nitrogens with zero attached hydrogens (tertiary/aromatic N) is 2. The van der Waals surface area contributed by atoms with Crippen LogP contribution in [0.4, 0.5) is 4.39 Å². The number of halogens is 1. The van der Waals surface area contributed by atoms with Gasteiger partial charge in [0, 0.05) is 17.6 Å². The standard InChI is InChI=1S/C22H15FN2O3S2/c1-14-5-7-17(8-6-14)30(26,27)25-10-9-18-20(25)12-19(23)21(22(18)29)28-16-4-2-3-15(11-16)13-24/h2-12,29H,1H3. The molecule has 0 unspecified atom stereocenters. The van der Waals surface area contributed by atoms with Gasteiger partial charge < -0.3 is 4.74 Å². The lowest BCUT2D eigenvalue weighted by Gasteiger charge is -2.12. The van der Waals surface area contributed by atoms with Gasteiger partial charge in [-0.2, -0.15) is 5.26 Å². The molecule has 8 heteroatoms. The van der Waals surface area contributed by atoms with E-state index in [0.717, 1.165) is 15.6 Å². The van der Waals surface area contributed by atoms with E-state index in [2.05, 4.69) is 12.6 Å². The molecule has 0 fully saturated rings. The lowest BCUT2D eigenvalue weighted by atomic mass is 10.2. The number of aromatic nitrogens is 1. The van der Waals surface area contributed by atoms with Crippen LogP contribution in [0.15, 0.2) is 76.7 Å². The van der Waals surface area contributed by atoms with Crippen LogP contribution in [0.2, 0.25) is 0 Å². The average molecular weight is 439 g/mol. The zero-order chi connectivity index (χ0) is 21.5. The van der Waals surface area contributed by atoms with Gasteiger partial charge in [0.15, 0.2) is 11.6 Å². The minimum atomic E-state index is -3.91. The smallest absolute Gasteiger partial charge is 0.268 e. The third kappa shape index (κ3) is 3.43. The summed E-state index contributed by atoms with van der Waals surface area (Å²) in [7, 11) is -3.91. The van der Waals surface area contributed by atoms with Gasteiger partial charge in [0.1, 0.15) is 5.75 Å². The van der Waals surface area contributed by atoms with E-state index in [4.69, 9.17) is 10.00 Å². The van der Waals surface area contributed by atoms with E-state index in [1.54, 1.807) is 36.4 Å². The average Bonchev–Trinajstić information content (AvgIpc) is 3.16. The van der Waals surface area contributed by atoms with Crippen molar-refractivity contribution < 1.29 is 17.5 Å². The molecule has 150 valence electrons. The predicted molar refractivity (Wildman–Crippen MR) is 114 cm³/mol. The van der Waals surface area contributed by atoms with Crippen molar-refractivity contribution in [2.24, 2.45) is 0 Å². The first-order chi connectivity index (χ1) is 14.3. The SMILES string of the molecule is Cc1ccc(S(=O)(=O)n2ccc3c(S)c(Oc4cccc(C#N)c4)c(F)cc32)cc1. The zero-order valence-electron chi connectivity index (χ0n) is 15.7. The molecule has 30 heavy (non-hydrogen) atoms. The lowest BCUT2D eigenvalue weighted by molar-refractivity contribution is 0.433. The Balaban J connectivity index is 1.82. The molecule has 3 aromatic carbocycles. The van der Waals surface area contributed by atoms with E-state index in [1.165, 1.54) is 24.4 Å². The van der Waals surface area contributed by atoms with E-state index < -0.39 is 15.8 Å². The highest BCUT2D eigenvalue weighted by Gasteiger charge is 2.23. The molecule has 4 aromatic rings. The summed E-state index contributed by atoms with van der Waals surface area (Å²) in [6, 6.07) is 17.3. The third-order valence-electron chi connectivity index (χ3n) is 4.60. The maximum Gasteiger partial charge on any atom is 0.268 e. The van der Waals surface area contributed by atoms with Crippen molar-refractivity contribution in [3.8, 4) is 17.6 Å². The number of aryl methyl sites for hydroxylation is 1. The number of thiol groups is 1. The van der Waals surface area contributed by atoms with Crippen LogP contribution in [-0.2, 0) is 10.0 Å². The van der Waals surface area contributed by atoms with Gasteiger partial charge in [0.05, 0.1) is 26.9 Å². The number of benzene rings is 3. The first kappa shape index (κ1) is 20.0. The molecular weight excluding hydrogens is 423 g/mol. The Bertz CT molecular complexity index is 1420. The number of ether oxygens (including phenoxy) is 1. The molecule has 0 spiro atoms. The van der Waals surface area contributed by atoms with Crippen LogP contribution in [0, 0.1) is 24.1 Å². The molecule has 0 saturated heterocycles. The largest absolute Gasteiger partial charge is 0.453 e. The molecule has 4 rings (SSSR count). The van der Waals surface area contributed by atoms with Crippen LogP contribution < -0.4 is 4.74 Å². The molecule has 0 amide bonds. The van der Waals surface area contributed by atoms with Crippen molar-refractivity contribution in [3.05, 3.63) is 83.8 Å². The van der Waals surface area contributed by atoms with Crippen molar-refractivity contribution in [2.45, 2.75) is 16.7 Å². The van der Waals surface area contributed by atoms with Gasteiger partial charge in [-0.3, -0.25) is 0 Å². The molecule has 0 saturated carbocycles. The van der Waals surface area contributed by atoms with E-state index in [1.807, 2.05) is 13.0 Å². The molecule has 1 aromatic heterocycles. The quantitative estimate of drug-likeness (QED) is 0.440. The normalized spacial score (nSPS) is 11.4. The summed E-state index contributed by atoms with van der Waals surface area (Å²) in [5.74, 6) is -0.644. The Labute approximate surface area is 178 Å². The number of nitriles is 1. The highest BCUT2D eigenvalue weighted by Crippen LogP contribution is 2.38. The second-order valence-electron chi connectivity index (χ2n) is 6.64.